The number of ketones is 1. The minimum Gasteiger partial charge on any atom is -0.340 e. The fourth-order valence-electron chi connectivity index (χ4n) is 4.69. The Balaban J connectivity index is 1.52. The molecule has 1 saturated heterocycles. The monoisotopic (exact) mass is 551 g/mol. The summed E-state index contributed by atoms with van der Waals surface area (Å²) in [5.41, 5.74) is 4.16. The van der Waals surface area contributed by atoms with Gasteiger partial charge in [-0.1, -0.05) is 48.4 Å². The zero-order chi connectivity index (χ0) is 24.5. The summed E-state index contributed by atoms with van der Waals surface area (Å²) < 4.78 is 0.755. The number of aromatic nitrogens is 1. The van der Waals surface area contributed by atoms with E-state index in [0.29, 0.717) is 17.2 Å². The molecule has 3 aromatic rings. The largest absolute Gasteiger partial charge is 0.340 e. The van der Waals surface area contributed by atoms with Gasteiger partial charge in [0.1, 0.15) is 11.7 Å². The average Bonchev–Trinajstić information content (AvgIpc) is 3.62. The smallest absolute Gasteiger partial charge is 0.253 e. The highest BCUT2D eigenvalue weighted by Gasteiger charge is 2.37. The van der Waals surface area contributed by atoms with Crippen LogP contribution in [0.15, 0.2) is 46.9 Å². The van der Waals surface area contributed by atoms with Crippen LogP contribution in [-0.4, -0.2) is 35.3 Å². The number of Topliss-reactive ketones (excluding diaryl/α,β-unsaturated/α-hetero) is 1. The van der Waals surface area contributed by atoms with E-state index in [0.717, 1.165) is 69.7 Å². The Morgan fingerprint density at radius 3 is 2.63 bits per heavy atom. The van der Waals surface area contributed by atoms with Gasteiger partial charge >= 0.3 is 0 Å². The predicted molar refractivity (Wildman–Crippen MR) is 144 cm³/mol. The van der Waals surface area contributed by atoms with E-state index < -0.39 is 6.04 Å². The zero-order valence-corrected chi connectivity index (χ0v) is 22.5. The van der Waals surface area contributed by atoms with Crippen LogP contribution in [0.2, 0.25) is 0 Å². The third kappa shape index (κ3) is 5.27. The quantitative estimate of drug-likeness (QED) is 0.343. The molecule has 2 aromatic carbocycles. The molecule has 1 aromatic heterocycles. The molecule has 0 radical (unpaired) electrons. The Labute approximate surface area is 218 Å². The lowest BCUT2D eigenvalue weighted by molar-refractivity contribution is 0.0822. The molecule has 1 aliphatic heterocycles. The summed E-state index contributed by atoms with van der Waals surface area (Å²) in [6.45, 7) is 4.85. The maximum atomic E-state index is 14.2. The first-order chi connectivity index (χ1) is 16.9. The second-order valence-corrected chi connectivity index (χ2v) is 11.5. The minimum atomic E-state index is -0.687. The maximum absolute atomic E-state index is 14.2. The number of thiazole rings is 1. The molecule has 1 amide bonds. The molecule has 1 saturated carbocycles. The van der Waals surface area contributed by atoms with Crippen LogP contribution in [0.1, 0.15) is 75.0 Å². The fraction of sp³-hybridized carbons (Fsp3) is 0.393. The SMILES string of the molecule is Cc1cccc(-c2sc(C3CC3)nc2C(=O)[C@@H](NC(=O)c2cccc(C)c2Br)C2CCCCN2)c1. The van der Waals surface area contributed by atoms with Crippen molar-refractivity contribution in [2.75, 3.05) is 6.54 Å². The first-order valence-electron chi connectivity index (χ1n) is 12.3. The highest BCUT2D eigenvalue weighted by atomic mass is 79.9. The van der Waals surface area contributed by atoms with E-state index in [2.05, 4.69) is 45.6 Å². The van der Waals surface area contributed by atoms with Crippen LogP contribution >= 0.6 is 27.3 Å². The lowest BCUT2D eigenvalue weighted by Crippen LogP contribution is -2.55. The first-order valence-corrected chi connectivity index (χ1v) is 13.9. The number of nitrogens with zero attached hydrogens (tertiary/aromatic N) is 1. The molecule has 2 heterocycles. The number of nitrogens with one attached hydrogen (secondary N) is 2. The average molecular weight is 553 g/mol. The van der Waals surface area contributed by atoms with Crippen LogP contribution in [0, 0.1) is 13.8 Å². The Hall–Kier alpha value is -2.35. The van der Waals surface area contributed by atoms with E-state index in [1.165, 1.54) is 0 Å². The van der Waals surface area contributed by atoms with E-state index in [1.54, 1.807) is 17.4 Å². The number of benzene rings is 2. The molecule has 2 atom stereocenters. The second-order valence-electron chi connectivity index (χ2n) is 9.68. The number of rotatable bonds is 7. The van der Waals surface area contributed by atoms with Crippen LogP contribution in [-0.2, 0) is 0 Å². The van der Waals surface area contributed by atoms with Crippen molar-refractivity contribution in [3.05, 3.63) is 74.3 Å². The van der Waals surface area contributed by atoms with Crippen LogP contribution in [0.4, 0.5) is 0 Å². The Kier molecular flexibility index (Phi) is 7.19. The molecule has 35 heavy (non-hydrogen) atoms. The highest BCUT2D eigenvalue weighted by molar-refractivity contribution is 9.10. The van der Waals surface area contributed by atoms with E-state index in [9.17, 15) is 9.59 Å². The molecule has 5 nitrogen and oxygen atoms in total. The van der Waals surface area contributed by atoms with Gasteiger partial charge in [0.2, 0.25) is 5.78 Å². The van der Waals surface area contributed by atoms with Crippen molar-refractivity contribution < 1.29 is 9.59 Å². The molecule has 2 fully saturated rings. The van der Waals surface area contributed by atoms with E-state index in [4.69, 9.17) is 4.98 Å². The molecule has 5 rings (SSSR count). The highest BCUT2D eigenvalue weighted by Crippen LogP contribution is 2.45. The van der Waals surface area contributed by atoms with Gasteiger partial charge in [-0.25, -0.2) is 4.98 Å². The van der Waals surface area contributed by atoms with Gasteiger partial charge in [0.05, 0.1) is 15.4 Å². The van der Waals surface area contributed by atoms with E-state index in [1.807, 2.05) is 31.2 Å². The van der Waals surface area contributed by atoms with Crippen LogP contribution in [0.5, 0.6) is 0 Å². The Morgan fingerprint density at radius 1 is 1.11 bits per heavy atom. The lowest BCUT2D eigenvalue weighted by Gasteiger charge is -2.31. The number of carbonyl (C=O) groups excluding carboxylic acids is 2. The third-order valence-corrected chi connectivity index (χ3v) is 9.16. The molecular formula is C28H30BrN3O2S. The number of piperidine rings is 1. The van der Waals surface area contributed by atoms with Crippen molar-refractivity contribution in [3.8, 4) is 10.4 Å². The predicted octanol–water partition coefficient (Wildman–Crippen LogP) is 6.19. The molecule has 182 valence electrons. The molecule has 7 heteroatoms. The van der Waals surface area contributed by atoms with Gasteiger partial charge < -0.3 is 10.6 Å². The number of carbonyl (C=O) groups is 2. The number of aryl methyl sites for hydroxylation is 2. The minimum absolute atomic E-state index is 0.110. The van der Waals surface area contributed by atoms with Crippen molar-refractivity contribution in [3.63, 3.8) is 0 Å². The molecule has 0 spiro atoms. The third-order valence-electron chi connectivity index (χ3n) is 6.84. The molecule has 0 bridgehead atoms. The van der Waals surface area contributed by atoms with Crippen molar-refractivity contribution in [1.29, 1.82) is 0 Å². The van der Waals surface area contributed by atoms with E-state index >= 15 is 0 Å². The summed E-state index contributed by atoms with van der Waals surface area (Å²) in [4.78, 5) is 33.4. The Morgan fingerprint density at radius 2 is 1.91 bits per heavy atom. The van der Waals surface area contributed by atoms with Gasteiger partial charge in [-0.05, 0) is 79.2 Å². The number of halogens is 1. The maximum Gasteiger partial charge on any atom is 0.253 e. The van der Waals surface area contributed by atoms with Crippen molar-refractivity contribution in [2.45, 2.75) is 64.0 Å². The van der Waals surface area contributed by atoms with Crippen molar-refractivity contribution >= 4 is 39.0 Å². The summed E-state index contributed by atoms with van der Waals surface area (Å²) in [7, 11) is 0. The molecule has 2 aliphatic rings. The van der Waals surface area contributed by atoms with Crippen LogP contribution in [0.3, 0.4) is 0 Å². The van der Waals surface area contributed by atoms with Gasteiger partial charge in [-0.15, -0.1) is 11.3 Å². The summed E-state index contributed by atoms with van der Waals surface area (Å²) in [5.74, 6) is 0.0939. The van der Waals surface area contributed by atoms with Gasteiger partial charge in [0.25, 0.3) is 5.91 Å². The molecule has 1 aliphatic carbocycles. The molecule has 2 N–H and O–H groups in total. The first kappa shape index (κ1) is 24.3. The number of amides is 1. The van der Waals surface area contributed by atoms with Crippen molar-refractivity contribution in [2.24, 2.45) is 0 Å². The molecular weight excluding hydrogens is 522 g/mol. The standard InChI is InChI=1S/C28H30BrN3O2S/c1-16-7-5-9-19(15-16)26-24(32-28(35-26)18-12-13-18)25(33)23(21-11-3-4-14-30-21)31-27(34)20-10-6-8-17(2)22(20)29/h5-10,15,18,21,23,30H,3-4,11-14H2,1-2H3,(H,31,34)/t21?,23-/m0/s1. The summed E-state index contributed by atoms with van der Waals surface area (Å²) in [6, 6.07) is 13.0. The zero-order valence-electron chi connectivity index (χ0n) is 20.1. The lowest BCUT2D eigenvalue weighted by atomic mass is 9.92. The molecule has 1 unspecified atom stereocenters. The van der Waals surface area contributed by atoms with Gasteiger partial charge in [-0.2, -0.15) is 0 Å². The van der Waals surface area contributed by atoms with Crippen LogP contribution < -0.4 is 10.6 Å². The van der Waals surface area contributed by atoms with Gasteiger partial charge in [0, 0.05) is 16.4 Å². The van der Waals surface area contributed by atoms with Gasteiger partial charge in [-0.3, -0.25) is 9.59 Å². The topological polar surface area (TPSA) is 71.1 Å². The number of hydrogen-bond acceptors (Lipinski definition) is 5. The summed E-state index contributed by atoms with van der Waals surface area (Å²) >= 11 is 5.18. The van der Waals surface area contributed by atoms with E-state index in [-0.39, 0.29) is 17.7 Å². The normalized spacial score (nSPS) is 18.8. The number of hydrogen-bond donors (Lipinski definition) is 2. The van der Waals surface area contributed by atoms with Crippen LogP contribution in [0.25, 0.3) is 10.4 Å². The van der Waals surface area contributed by atoms with Crippen molar-refractivity contribution in [1.82, 2.24) is 15.6 Å². The fourth-order valence-corrected chi connectivity index (χ4v) is 6.37. The second kappa shape index (κ2) is 10.3. The summed E-state index contributed by atoms with van der Waals surface area (Å²) in [5, 5.41) is 7.62. The van der Waals surface area contributed by atoms with Gasteiger partial charge in [0.15, 0.2) is 0 Å². The Bertz CT molecular complexity index is 1260. The summed E-state index contributed by atoms with van der Waals surface area (Å²) in [6.07, 6.45) is 5.19.